The zero-order valence-corrected chi connectivity index (χ0v) is 13.5. The molecule has 0 aromatic heterocycles. The molecule has 1 aromatic carbocycles. The van der Waals surface area contributed by atoms with Gasteiger partial charge in [-0.25, -0.2) is 0 Å². The molecule has 0 aliphatic heterocycles. The maximum atomic E-state index is 9.92. The number of aromatic hydroxyl groups is 1. The minimum absolute atomic E-state index is 0.223. The molecule has 0 saturated heterocycles. The summed E-state index contributed by atoms with van der Waals surface area (Å²) in [7, 11) is 0. The van der Waals surface area contributed by atoms with Gasteiger partial charge in [-0.15, -0.1) is 0 Å². The molecule has 1 aromatic rings. The second kappa shape index (κ2) is 5.16. The summed E-state index contributed by atoms with van der Waals surface area (Å²) in [4.78, 5) is 0. The van der Waals surface area contributed by atoms with Crippen molar-refractivity contribution in [3.63, 3.8) is 0 Å². The number of rotatable bonds is 3. The fourth-order valence-electron chi connectivity index (χ4n) is 2.61. The van der Waals surface area contributed by atoms with Crippen LogP contribution in [0.3, 0.4) is 0 Å². The number of nitrogens with two attached hydrogens (primary N) is 1. The Kier molecular flexibility index (Phi) is 4.36. The van der Waals surface area contributed by atoms with Crippen molar-refractivity contribution >= 4 is 0 Å². The van der Waals surface area contributed by atoms with Gasteiger partial charge in [0.15, 0.2) is 0 Å². The average molecular weight is 263 g/mol. The van der Waals surface area contributed by atoms with Crippen LogP contribution in [0.15, 0.2) is 12.1 Å². The van der Waals surface area contributed by atoms with Gasteiger partial charge < -0.3 is 10.8 Å². The zero-order chi connectivity index (χ0) is 15.0. The predicted molar refractivity (Wildman–Crippen MR) is 82.7 cm³/mol. The van der Waals surface area contributed by atoms with Gasteiger partial charge in [0, 0.05) is 11.5 Å². The summed E-state index contributed by atoms with van der Waals surface area (Å²) in [5.74, 6) is 0.679. The highest BCUT2D eigenvalue weighted by molar-refractivity contribution is 5.44. The van der Waals surface area contributed by atoms with E-state index < -0.39 is 0 Å². The van der Waals surface area contributed by atoms with Crippen LogP contribution in [0.5, 0.6) is 5.75 Å². The lowest BCUT2D eigenvalue weighted by molar-refractivity contribution is 0.275. The van der Waals surface area contributed by atoms with Crippen LogP contribution in [-0.2, 0) is 0 Å². The van der Waals surface area contributed by atoms with E-state index in [1.165, 1.54) is 5.56 Å². The first-order chi connectivity index (χ1) is 8.42. The Morgan fingerprint density at radius 1 is 1.05 bits per heavy atom. The summed E-state index contributed by atoms with van der Waals surface area (Å²) in [6, 6.07) is 4.15. The van der Waals surface area contributed by atoms with Gasteiger partial charge in [0.1, 0.15) is 5.75 Å². The van der Waals surface area contributed by atoms with Gasteiger partial charge in [-0.2, -0.15) is 0 Å². The molecule has 0 aliphatic rings. The molecule has 19 heavy (non-hydrogen) atoms. The second-order valence-electron chi connectivity index (χ2n) is 7.64. The smallest absolute Gasteiger partial charge is 0.121 e. The van der Waals surface area contributed by atoms with Gasteiger partial charge >= 0.3 is 0 Å². The third-order valence-corrected chi connectivity index (χ3v) is 3.63. The molecule has 0 heterocycles. The summed E-state index contributed by atoms with van der Waals surface area (Å²) in [6.07, 6.45) is 1.03. The van der Waals surface area contributed by atoms with Gasteiger partial charge in [0.25, 0.3) is 0 Å². The average Bonchev–Trinajstić information content (AvgIpc) is 2.19. The molecule has 0 saturated carbocycles. The maximum Gasteiger partial charge on any atom is 0.121 e. The summed E-state index contributed by atoms with van der Waals surface area (Å²) < 4.78 is 0. The van der Waals surface area contributed by atoms with Crippen LogP contribution < -0.4 is 5.73 Å². The Morgan fingerprint density at radius 2 is 1.47 bits per heavy atom. The lowest BCUT2D eigenvalue weighted by Crippen LogP contribution is -2.41. The van der Waals surface area contributed by atoms with Gasteiger partial charge in [-0.3, -0.25) is 0 Å². The third kappa shape index (κ3) is 4.24. The lowest BCUT2D eigenvalue weighted by Gasteiger charge is -2.36. The fourth-order valence-corrected chi connectivity index (χ4v) is 2.61. The van der Waals surface area contributed by atoms with Crippen LogP contribution in [0.2, 0.25) is 0 Å². The molecule has 0 fully saturated rings. The molecule has 1 unspecified atom stereocenters. The molecule has 1 atom stereocenters. The standard InChI is InChI=1S/C17H29NO/c1-11-8-13(9-12(2)15(11)19)14(17(6,7)18)10-16(3,4)5/h8-9,14,19H,10,18H2,1-7H3. The molecule has 0 spiro atoms. The van der Waals surface area contributed by atoms with E-state index in [9.17, 15) is 5.11 Å². The van der Waals surface area contributed by atoms with Gasteiger partial charge in [-0.1, -0.05) is 32.9 Å². The number of aryl methyl sites for hydroxylation is 2. The van der Waals surface area contributed by atoms with Crippen molar-refractivity contribution in [1.82, 2.24) is 0 Å². The predicted octanol–water partition coefficient (Wildman–Crippen LogP) is 4.27. The van der Waals surface area contributed by atoms with E-state index in [0.29, 0.717) is 5.75 Å². The minimum atomic E-state index is -0.275. The van der Waals surface area contributed by atoms with E-state index in [-0.39, 0.29) is 16.9 Å². The number of hydrogen-bond donors (Lipinski definition) is 2. The second-order valence-corrected chi connectivity index (χ2v) is 7.64. The van der Waals surface area contributed by atoms with E-state index in [1.807, 2.05) is 13.8 Å². The van der Waals surface area contributed by atoms with Gasteiger partial charge in [0.2, 0.25) is 0 Å². The van der Waals surface area contributed by atoms with E-state index in [2.05, 4.69) is 46.8 Å². The van der Waals surface area contributed by atoms with Crippen LogP contribution in [0.1, 0.15) is 63.6 Å². The van der Waals surface area contributed by atoms with E-state index in [0.717, 1.165) is 17.5 Å². The van der Waals surface area contributed by atoms with Crippen molar-refractivity contribution in [2.45, 2.75) is 66.3 Å². The molecule has 3 N–H and O–H groups in total. The Balaban J connectivity index is 3.26. The first kappa shape index (κ1) is 16.0. The van der Waals surface area contributed by atoms with E-state index >= 15 is 0 Å². The molecule has 2 heteroatoms. The number of phenolic OH excluding ortho intramolecular Hbond substituents is 1. The van der Waals surface area contributed by atoms with Gasteiger partial charge in [-0.05, 0) is 56.2 Å². The van der Waals surface area contributed by atoms with Crippen LogP contribution in [0.25, 0.3) is 0 Å². The summed E-state index contributed by atoms with van der Waals surface area (Å²) in [6.45, 7) is 14.8. The van der Waals surface area contributed by atoms with Crippen molar-refractivity contribution in [3.05, 3.63) is 28.8 Å². The highest BCUT2D eigenvalue weighted by atomic mass is 16.3. The van der Waals surface area contributed by atoms with Crippen molar-refractivity contribution < 1.29 is 5.11 Å². The number of hydrogen-bond acceptors (Lipinski definition) is 2. The van der Waals surface area contributed by atoms with Gasteiger partial charge in [0.05, 0.1) is 0 Å². The molecule has 0 aliphatic carbocycles. The summed E-state index contributed by atoms with van der Waals surface area (Å²) in [5, 5.41) is 9.92. The lowest BCUT2D eigenvalue weighted by atomic mass is 9.72. The van der Waals surface area contributed by atoms with Crippen LogP contribution in [0, 0.1) is 19.3 Å². The molecular formula is C17H29NO. The zero-order valence-electron chi connectivity index (χ0n) is 13.5. The molecule has 0 amide bonds. The highest BCUT2D eigenvalue weighted by Gasteiger charge is 2.31. The van der Waals surface area contributed by atoms with Crippen molar-refractivity contribution in [3.8, 4) is 5.75 Å². The Bertz CT molecular complexity index is 426. The quantitative estimate of drug-likeness (QED) is 0.855. The molecule has 108 valence electrons. The molecular weight excluding hydrogens is 234 g/mol. The molecule has 2 nitrogen and oxygen atoms in total. The molecule has 0 bridgehead atoms. The fraction of sp³-hybridized carbons (Fsp3) is 0.647. The maximum absolute atomic E-state index is 9.92. The van der Waals surface area contributed by atoms with Crippen LogP contribution in [-0.4, -0.2) is 10.6 Å². The van der Waals surface area contributed by atoms with Crippen molar-refractivity contribution in [2.75, 3.05) is 0 Å². The highest BCUT2D eigenvalue weighted by Crippen LogP contribution is 2.39. The normalized spacial score (nSPS) is 14.5. The first-order valence-electron chi connectivity index (χ1n) is 7.01. The monoisotopic (exact) mass is 263 g/mol. The van der Waals surface area contributed by atoms with Crippen molar-refractivity contribution in [1.29, 1.82) is 0 Å². The van der Waals surface area contributed by atoms with Crippen LogP contribution >= 0.6 is 0 Å². The Morgan fingerprint density at radius 3 is 1.79 bits per heavy atom. The largest absolute Gasteiger partial charge is 0.507 e. The first-order valence-corrected chi connectivity index (χ1v) is 7.01. The Labute approximate surface area is 118 Å². The van der Waals surface area contributed by atoms with E-state index in [4.69, 9.17) is 5.73 Å². The SMILES string of the molecule is Cc1cc(C(CC(C)(C)C)C(C)(C)N)cc(C)c1O. The Hall–Kier alpha value is -1.02. The van der Waals surface area contributed by atoms with E-state index in [1.54, 1.807) is 0 Å². The minimum Gasteiger partial charge on any atom is -0.507 e. The third-order valence-electron chi connectivity index (χ3n) is 3.63. The summed E-state index contributed by atoms with van der Waals surface area (Å²) in [5.41, 5.74) is 9.43. The molecule has 1 rings (SSSR count). The topological polar surface area (TPSA) is 46.2 Å². The van der Waals surface area contributed by atoms with Crippen LogP contribution in [0.4, 0.5) is 0 Å². The number of phenols is 1. The molecule has 0 radical (unpaired) electrons. The number of benzene rings is 1. The van der Waals surface area contributed by atoms with Crippen molar-refractivity contribution in [2.24, 2.45) is 11.1 Å². The summed E-state index contributed by atoms with van der Waals surface area (Å²) >= 11 is 0.